The fourth-order valence-electron chi connectivity index (χ4n) is 2.44. The van der Waals surface area contributed by atoms with Crippen LogP contribution in [0.25, 0.3) is 0 Å². The van der Waals surface area contributed by atoms with Crippen LogP contribution in [-0.2, 0) is 0 Å². The van der Waals surface area contributed by atoms with Crippen LogP contribution in [0.3, 0.4) is 0 Å². The maximum absolute atomic E-state index is 6.31. The fourth-order valence-corrected chi connectivity index (χ4v) is 5.91. The maximum atomic E-state index is 6.31. The van der Waals surface area contributed by atoms with Gasteiger partial charge in [-0.2, -0.15) is 0 Å². The van der Waals surface area contributed by atoms with E-state index in [1.807, 2.05) is 21.6 Å². The molecule has 2 atom stereocenters. The van der Waals surface area contributed by atoms with Gasteiger partial charge in [-0.3, -0.25) is 0 Å². The van der Waals surface area contributed by atoms with Crippen molar-refractivity contribution in [1.82, 2.24) is 0 Å². The molecule has 0 fully saturated rings. The minimum atomic E-state index is 0.325. The van der Waals surface area contributed by atoms with E-state index < -0.39 is 0 Å². The minimum Gasteiger partial charge on any atom is -0.125 e. The molecule has 0 N–H and O–H groups in total. The summed E-state index contributed by atoms with van der Waals surface area (Å²) in [6, 6.07) is 0. The van der Waals surface area contributed by atoms with Gasteiger partial charge in [-0.1, -0.05) is 101 Å². The van der Waals surface area contributed by atoms with Crippen molar-refractivity contribution >= 4 is 33.2 Å². The lowest BCUT2D eigenvalue weighted by molar-refractivity contribution is 0.408. The zero-order chi connectivity index (χ0) is 16.1. The van der Waals surface area contributed by atoms with Gasteiger partial charge in [-0.15, -0.1) is 11.6 Å². The van der Waals surface area contributed by atoms with Crippen molar-refractivity contribution in [2.75, 3.05) is 5.88 Å². The minimum absolute atomic E-state index is 0.325. The maximum Gasteiger partial charge on any atom is 0.0353 e. The Morgan fingerprint density at radius 2 is 1.38 bits per heavy atom. The van der Waals surface area contributed by atoms with Gasteiger partial charge in [0.25, 0.3) is 0 Å². The van der Waals surface area contributed by atoms with Gasteiger partial charge in [0.15, 0.2) is 0 Å². The number of hydrogen-bond donors (Lipinski definition) is 0. The van der Waals surface area contributed by atoms with Gasteiger partial charge in [-0.25, -0.2) is 0 Å². The van der Waals surface area contributed by atoms with Crippen LogP contribution in [0.5, 0.6) is 0 Å². The predicted octanol–water partition coefficient (Wildman–Crippen LogP) is 7.94. The Hall–Kier alpha value is 0.990. The third-order valence-electron chi connectivity index (χ3n) is 3.71. The highest BCUT2D eigenvalue weighted by Gasteiger charge is 2.23. The van der Waals surface area contributed by atoms with Crippen molar-refractivity contribution in [3.8, 4) is 0 Å². The van der Waals surface area contributed by atoms with Crippen LogP contribution in [0, 0.1) is 5.92 Å². The molecular weight excluding hydrogens is 316 g/mol. The summed E-state index contributed by atoms with van der Waals surface area (Å²) in [6.45, 7) is 11.5. The normalized spacial score (nSPS) is 15.1. The molecule has 21 heavy (non-hydrogen) atoms. The highest BCUT2D eigenvalue weighted by Crippen LogP contribution is 2.42. The lowest BCUT2D eigenvalue weighted by Gasteiger charge is -2.27. The van der Waals surface area contributed by atoms with Gasteiger partial charge in [0.1, 0.15) is 0 Å². The SMILES string of the molecule is CCCCCCC(CCCCC)[C@H](CCl)SSC(C)(C)C. The Kier molecular flexibility index (Phi) is 14.1. The van der Waals surface area contributed by atoms with Crippen molar-refractivity contribution in [1.29, 1.82) is 0 Å². The lowest BCUT2D eigenvalue weighted by atomic mass is 9.92. The van der Waals surface area contributed by atoms with Gasteiger partial charge >= 0.3 is 0 Å². The standard InChI is InChI=1S/C18H37ClS2/c1-6-8-10-12-14-16(13-11-9-7-2)17(15-19)20-21-18(3,4)5/h16-17H,6-15H2,1-5H3/t16?,17-/m0/s1. The second kappa shape index (κ2) is 13.4. The molecule has 0 aromatic heterocycles. The average molecular weight is 353 g/mol. The van der Waals surface area contributed by atoms with Gasteiger partial charge in [-0.05, 0) is 18.8 Å². The summed E-state index contributed by atoms with van der Waals surface area (Å²) in [7, 11) is 4.05. The van der Waals surface area contributed by atoms with Crippen LogP contribution in [0.15, 0.2) is 0 Å². The Balaban J connectivity index is 4.33. The highest BCUT2D eigenvalue weighted by atomic mass is 35.5. The predicted molar refractivity (Wildman–Crippen MR) is 106 cm³/mol. The molecule has 0 saturated heterocycles. The van der Waals surface area contributed by atoms with Gasteiger partial charge in [0.2, 0.25) is 0 Å². The molecule has 0 heterocycles. The summed E-state index contributed by atoms with van der Waals surface area (Å²) in [5, 5.41) is 0.620. The van der Waals surface area contributed by atoms with E-state index in [9.17, 15) is 0 Å². The molecule has 0 amide bonds. The lowest BCUT2D eigenvalue weighted by Crippen LogP contribution is -2.20. The largest absolute Gasteiger partial charge is 0.125 e. The molecule has 3 heteroatoms. The molecule has 0 aliphatic rings. The second-order valence-corrected chi connectivity index (χ2v) is 10.7. The van der Waals surface area contributed by atoms with E-state index in [1.54, 1.807) is 0 Å². The molecule has 0 radical (unpaired) electrons. The summed E-state index contributed by atoms with van der Waals surface area (Å²) in [4.78, 5) is 0. The third-order valence-corrected chi connectivity index (χ3v) is 8.15. The Morgan fingerprint density at radius 3 is 1.86 bits per heavy atom. The molecule has 0 aliphatic heterocycles. The Bertz CT molecular complexity index is 226. The van der Waals surface area contributed by atoms with Crippen molar-refractivity contribution in [2.24, 2.45) is 5.92 Å². The fraction of sp³-hybridized carbons (Fsp3) is 1.00. The summed E-state index contributed by atoms with van der Waals surface area (Å²) >= 11 is 6.31. The van der Waals surface area contributed by atoms with Crippen LogP contribution >= 0.6 is 33.2 Å². The summed E-state index contributed by atoms with van der Waals surface area (Å²) in [5.41, 5.74) is 0. The molecule has 0 aliphatic carbocycles. The quantitative estimate of drug-likeness (QED) is 0.187. The molecular formula is C18H37ClS2. The van der Waals surface area contributed by atoms with E-state index in [-0.39, 0.29) is 0 Å². The highest BCUT2D eigenvalue weighted by molar-refractivity contribution is 8.77. The van der Waals surface area contributed by atoms with E-state index in [0.29, 0.717) is 10.00 Å². The average Bonchev–Trinajstić information content (AvgIpc) is 2.42. The Labute approximate surface area is 147 Å². The van der Waals surface area contributed by atoms with Crippen molar-refractivity contribution in [3.05, 3.63) is 0 Å². The van der Waals surface area contributed by atoms with Crippen LogP contribution in [0.2, 0.25) is 0 Å². The summed E-state index contributed by atoms with van der Waals surface area (Å²) in [6.07, 6.45) is 12.3. The van der Waals surface area contributed by atoms with E-state index in [4.69, 9.17) is 11.6 Å². The molecule has 0 saturated carbocycles. The van der Waals surface area contributed by atoms with Crippen LogP contribution in [-0.4, -0.2) is 15.9 Å². The number of hydrogen-bond acceptors (Lipinski definition) is 2. The van der Waals surface area contributed by atoms with E-state index >= 15 is 0 Å². The topological polar surface area (TPSA) is 0 Å². The zero-order valence-corrected chi connectivity index (χ0v) is 17.3. The van der Waals surface area contributed by atoms with Gasteiger partial charge in [0, 0.05) is 15.9 Å². The first-order valence-corrected chi connectivity index (χ1v) is 11.6. The molecule has 0 rings (SSSR count). The van der Waals surface area contributed by atoms with Crippen LogP contribution in [0.4, 0.5) is 0 Å². The molecule has 1 unspecified atom stereocenters. The van der Waals surface area contributed by atoms with Crippen molar-refractivity contribution < 1.29 is 0 Å². The second-order valence-electron chi connectivity index (χ2n) is 7.09. The smallest absolute Gasteiger partial charge is 0.0353 e. The first kappa shape index (κ1) is 22.0. The molecule has 0 aromatic carbocycles. The zero-order valence-electron chi connectivity index (χ0n) is 14.9. The number of rotatable bonds is 13. The first-order chi connectivity index (χ1) is 9.94. The van der Waals surface area contributed by atoms with Gasteiger partial charge in [0.05, 0.1) is 0 Å². The summed E-state index contributed by atoms with van der Waals surface area (Å²) in [5.74, 6) is 1.61. The van der Waals surface area contributed by atoms with Crippen LogP contribution in [0.1, 0.15) is 92.4 Å². The Morgan fingerprint density at radius 1 is 0.857 bits per heavy atom. The number of alkyl halides is 1. The van der Waals surface area contributed by atoms with E-state index in [0.717, 1.165) is 11.8 Å². The van der Waals surface area contributed by atoms with Crippen LogP contribution < -0.4 is 0 Å². The van der Waals surface area contributed by atoms with Crippen molar-refractivity contribution in [2.45, 2.75) is 102 Å². The van der Waals surface area contributed by atoms with Gasteiger partial charge < -0.3 is 0 Å². The number of unbranched alkanes of at least 4 members (excludes halogenated alkanes) is 5. The monoisotopic (exact) mass is 352 g/mol. The number of halogens is 1. The third kappa shape index (κ3) is 13.2. The summed E-state index contributed by atoms with van der Waals surface area (Å²) < 4.78 is 0.325. The molecule has 0 nitrogen and oxygen atoms in total. The van der Waals surface area contributed by atoms with E-state index in [1.165, 1.54) is 57.8 Å². The van der Waals surface area contributed by atoms with E-state index in [2.05, 4.69) is 34.6 Å². The molecule has 128 valence electrons. The molecule has 0 bridgehead atoms. The molecule has 0 aromatic rings. The van der Waals surface area contributed by atoms with Crippen molar-refractivity contribution in [3.63, 3.8) is 0 Å². The first-order valence-electron chi connectivity index (χ1n) is 8.85. The molecule has 0 spiro atoms.